The highest BCUT2D eigenvalue weighted by atomic mass is 16.4. The van der Waals surface area contributed by atoms with Crippen LogP contribution in [-0.2, 0) is 0 Å². The number of anilines is 2. The lowest BCUT2D eigenvalue weighted by molar-refractivity contribution is 0.555. The first-order valence-electron chi connectivity index (χ1n) is 6.84. The minimum atomic E-state index is -0.435. The van der Waals surface area contributed by atoms with Crippen molar-refractivity contribution in [3.05, 3.63) is 22.7 Å². The standard InChI is InChI=1S/C14H19N3O2/c1-9-5-3-2-4-6-17(9)12-8-11-13(7-10(12)15)19-14(18)16-11/h7-9H,2-6,15H2,1H3,(H,16,18). The number of rotatable bonds is 1. The van der Waals surface area contributed by atoms with Crippen molar-refractivity contribution in [1.29, 1.82) is 0 Å². The lowest BCUT2D eigenvalue weighted by Gasteiger charge is -2.30. The molecule has 0 radical (unpaired) electrons. The zero-order valence-electron chi connectivity index (χ0n) is 11.1. The van der Waals surface area contributed by atoms with Gasteiger partial charge in [-0.05, 0) is 25.8 Å². The van der Waals surface area contributed by atoms with Crippen LogP contribution in [0.3, 0.4) is 0 Å². The quantitative estimate of drug-likeness (QED) is 0.773. The molecule has 19 heavy (non-hydrogen) atoms. The van der Waals surface area contributed by atoms with E-state index < -0.39 is 5.76 Å². The number of nitrogens with one attached hydrogen (secondary N) is 1. The Morgan fingerprint density at radius 3 is 3.05 bits per heavy atom. The maximum absolute atomic E-state index is 11.2. The number of nitrogen functional groups attached to an aromatic ring is 1. The van der Waals surface area contributed by atoms with Gasteiger partial charge in [0, 0.05) is 18.7 Å². The van der Waals surface area contributed by atoms with Crippen LogP contribution in [0.5, 0.6) is 0 Å². The molecule has 1 saturated heterocycles. The highest BCUT2D eigenvalue weighted by Gasteiger charge is 2.20. The molecule has 1 aliphatic rings. The molecular formula is C14H19N3O2. The number of benzene rings is 1. The number of H-pyrrole nitrogens is 1. The van der Waals surface area contributed by atoms with E-state index >= 15 is 0 Å². The zero-order valence-corrected chi connectivity index (χ0v) is 11.1. The van der Waals surface area contributed by atoms with E-state index in [1.54, 1.807) is 6.07 Å². The first kappa shape index (κ1) is 12.1. The normalized spacial score (nSPS) is 20.7. The van der Waals surface area contributed by atoms with Crippen molar-refractivity contribution < 1.29 is 4.42 Å². The highest BCUT2D eigenvalue weighted by Crippen LogP contribution is 2.32. The number of oxazole rings is 1. The van der Waals surface area contributed by atoms with Gasteiger partial charge < -0.3 is 15.1 Å². The monoisotopic (exact) mass is 261 g/mol. The van der Waals surface area contributed by atoms with E-state index in [0.29, 0.717) is 22.8 Å². The highest BCUT2D eigenvalue weighted by molar-refractivity contribution is 5.85. The SMILES string of the molecule is CC1CCCCCN1c1cc2[nH]c(=O)oc2cc1N. The lowest BCUT2D eigenvalue weighted by atomic mass is 10.1. The Kier molecular flexibility index (Phi) is 2.97. The molecule has 1 atom stereocenters. The molecule has 2 heterocycles. The summed E-state index contributed by atoms with van der Waals surface area (Å²) in [7, 11) is 0. The van der Waals surface area contributed by atoms with Gasteiger partial charge in [-0.2, -0.15) is 0 Å². The molecule has 3 N–H and O–H groups in total. The third-order valence-corrected chi connectivity index (χ3v) is 3.93. The van der Waals surface area contributed by atoms with Gasteiger partial charge in [-0.25, -0.2) is 4.79 Å². The fourth-order valence-corrected chi connectivity index (χ4v) is 2.88. The van der Waals surface area contributed by atoms with Crippen molar-refractivity contribution in [3.63, 3.8) is 0 Å². The van der Waals surface area contributed by atoms with Crippen molar-refractivity contribution in [2.24, 2.45) is 0 Å². The summed E-state index contributed by atoms with van der Waals surface area (Å²) in [5.41, 5.74) is 9.03. The van der Waals surface area contributed by atoms with Crippen LogP contribution in [0.25, 0.3) is 11.1 Å². The molecule has 1 unspecified atom stereocenters. The maximum Gasteiger partial charge on any atom is 0.417 e. The molecule has 0 spiro atoms. The third kappa shape index (κ3) is 2.20. The molecular weight excluding hydrogens is 242 g/mol. The fourth-order valence-electron chi connectivity index (χ4n) is 2.88. The Hall–Kier alpha value is -1.91. The molecule has 1 fully saturated rings. The number of hydrogen-bond acceptors (Lipinski definition) is 4. The van der Waals surface area contributed by atoms with Crippen molar-refractivity contribution in [2.75, 3.05) is 17.2 Å². The zero-order chi connectivity index (χ0) is 13.4. The molecule has 3 rings (SSSR count). The van der Waals surface area contributed by atoms with Gasteiger partial charge in [-0.1, -0.05) is 12.8 Å². The lowest BCUT2D eigenvalue weighted by Crippen LogP contribution is -2.33. The van der Waals surface area contributed by atoms with E-state index in [0.717, 1.165) is 12.2 Å². The summed E-state index contributed by atoms with van der Waals surface area (Å²) in [6.45, 7) is 3.24. The topological polar surface area (TPSA) is 75.3 Å². The van der Waals surface area contributed by atoms with Crippen LogP contribution in [0.4, 0.5) is 11.4 Å². The Morgan fingerprint density at radius 1 is 1.37 bits per heavy atom. The molecule has 0 amide bonds. The maximum atomic E-state index is 11.2. The van der Waals surface area contributed by atoms with Gasteiger partial charge in [0.25, 0.3) is 0 Å². The molecule has 5 heteroatoms. The fraction of sp³-hybridized carbons (Fsp3) is 0.500. The average Bonchev–Trinajstić information content (AvgIpc) is 2.57. The van der Waals surface area contributed by atoms with Crippen LogP contribution in [0.1, 0.15) is 32.6 Å². The second-order valence-electron chi connectivity index (χ2n) is 5.31. The van der Waals surface area contributed by atoms with E-state index in [1.165, 1.54) is 25.7 Å². The van der Waals surface area contributed by atoms with Gasteiger partial charge >= 0.3 is 5.76 Å². The number of nitrogens with two attached hydrogens (primary N) is 1. The van der Waals surface area contributed by atoms with Crippen molar-refractivity contribution in [1.82, 2.24) is 4.98 Å². The van der Waals surface area contributed by atoms with Gasteiger partial charge in [0.1, 0.15) is 0 Å². The molecule has 5 nitrogen and oxygen atoms in total. The van der Waals surface area contributed by atoms with Gasteiger partial charge in [-0.15, -0.1) is 0 Å². The smallest absolute Gasteiger partial charge is 0.408 e. The third-order valence-electron chi connectivity index (χ3n) is 3.93. The minimum Gasteiger partial charge on any atom is -0.408 e. The van der Waals surface area contributed by atoms with Gasteiger partial charge in [0.2, 0.25) is 0 Å². The first-order chi connectivity index (χ1) is 9.15. The van der Waals surface area contributed by atoms with Crippen LogP contribution in [0.2, 0.25) is 0 Å². The summed E-state index contributed by atoms with van der Waals surface area (Å²) in [4.78, 5) is 16.3. The van der Waals surface area contributed by atoms with Crippen molar-refractivity contribution in [2.45, 2.75) is 38.6 Å². The first-order valence-corrected chi connectivity index (χ1v) is 6.84. The van der Waals surface area contributed by atoms with E-state index in [9.17, 15) is 4.79 Å². The number of nitrogens with zero attached hydrogens (tertiary/aromatic N) is 1. The number of fused-ring (bicyclic) bond motifs is 1. The summed E-state index contributed by atoms with van der Waals surface area (Å²) in [5.74, 6) is -0.435. The van der Waals surface area contributed by atoms with E-state index in [-0.39, 0.29) is 0 Å². The molecule has 102 valence electrons. The van der Waals surface area contributed by atoms with Crippen molar-refractivity contribution in [3.8, 4) is 0 Å². The summed E-state index contributed by atoms with van der Waals surface area (Å²) in [6, 6.07) is 4.14. The minimum absolute atomic E-state index is 0.435. The number of hydrogen-bond donors (Lipinski definition) is 2. The van der Waals surface area contributed by atoms with E-state index in [4.69, 9.17) is 10.2 Å². The summed E-state index contributed by atoms with van der Waals surface area (Å²) < 4.78 is 5.03. The Bertz CT molecular complexity index is 644. The summed E-state index contributed by atoms with van der Waals surface area (Å²) in [5, 5.41) is 0. The van der Waals surface area contributed by atoms with Gasteiger partial charge in [-0.3, -0.25) is 4.98 Å². The second-order valence-corrected chi connectivity index (χ2v) is 5.31. The van der Waals surface area contributed by atoms with E-state index in [2.05, 4.69) is 16.8 Å². The van der Waals surface area contributed by atoms with Crippen LogP contribution in [-0.4, -0.2) is 17.6 Å². The molecule has 1 aliphatic heterocycles. The Balaban J connectivity index is 2.07. The van der Waals surface area contributed by atoms with Crippen molar-refractivity contribution >= 4 is 22.5 Å². The van der Waals surface area contributed by atoms with Crippen LogP contribution in [0.15, 0.2) is 21.3 Å². The molecule has 2 aromatic rings. The summed E-state index contributed by atoms with van der Waals surface area (Å²) in [6.07, 6.45) is 4.90. The van der Waals surface area contributed by atoms with Gasteiger partial charge in [0.15, 0.2) is 5.58 Å². The molecule has 1 aromatic carbocycles. The van der Waals surface area contributed by atoms with Crippen LogP contribution >= 0.6 is 0 Å². The molecule has 0 bridgehead atoms. The Morgan fingerprint density at radius 2 is 2.21 bits per heavy atom. The predicted octanol–water partition coefficient (Wildman–Crippen LogP) is 2.47. The van der Waals surface area contributed by atoms with E-state index in [1.807, 2.05) is 6.07 Å². The summed E-state index contributed by atoms with van der Waals surface area (Å²) >= 11 is 0. The van der Waals surface area contributed by atoms with Gasteiger partial charge in [0.05, 0.1) is 16.9 Å². The van der Waals surface area contributed by atoms with Crippen LogP contribution in [0, 0.1) is 0 Å². The second kappa shape index (κ2) is 4.64. The number of aromatic nitrogens is 1. The molecule has 1 aromatic heterocycles. The predicted molar refractivity (Wildman–Crippen MR) is 76.5 cm³/mol. The largest absolute Gasteiger partial charge is 0.417 e. The number of aromatic amines is 1. The molecule has 0 saturated carbocycles. The van der Waals surface area contributed by atoms with Crippen LogP contribution < -0.4 is 16.4 Å². The Labute approximate surface area is 111 Å². The molecule has 0 aliphatic carbocycles. The average molecular weight is 261 g/mol.